The maximum atomic E-state index is 2.61. The molecule has 0 N–H and O–H groups in total. The number of hydrogen-bond donors (Lipinski definition) is 0. The maximum absolute atomic E-state index is 2.61. The van der Waals surface area contributed by atoms with Crippen molar-refractivity contribution >= 4 is 51.5 Å². The van der Waals surface area contributed by atoms with E-state index < -0.39 is 0 Å². The molecule has 3 heterocycles. The molecule has 3 aliphatic heterocycles. The Morgan fingerprint density at radius 3 is 2.04 bits per heavy atom. The standard InChI is InChI=1S/C42H39BN2/c1-41(2)30-17-8-11-21-34(30)43-35-26-25-29(45-36-22-12-9-18-31(36)42(3,4)32-19-10-13-23-37(32)45)27-39(35)44(28-15-6-5-7-16-28)38-24-14-20-33(41)40(38)43/h5-9,11-12,14-18,20-22,24-27H,10,13,19,23H2,1-4H3. The first kappa shape index (κ1) is 26.9. The summed E-state index contributed by atoms with van der Waals surface area (Å²) in [4.78, 5) is 5.15. The van der Waals surface area contributed by atoms with Gasteiger partial charge in [-0.05, 0) is 95.3 Å². The van der Waals surface area contributed by atoms with Crippen LogP contribution in [0.4, 0.5) is 28.4 Å². The van der Waals surface area contributed by atoms with E-state index in [0.29, 0.717) is 0 Å². The molecule has 220 valence electrons. The fourth-order valence-electron chi connectivity index (χ4n) is 9.24. The first-order valence-corrected chi connectivity index (χ1v) is 16.7. The van der Waals surface area contributed by atoms with Crippen molar-refractivity contribution in [3.63, 3.8) is 0 Å². The topological polar surface area (TPSA) is 6.48 Å². The van der Waals surface area contributed by atoms with Crippen LogP contribution in [-0.4, -0.2) is 6.71 Å². The third-order valence-electron chi connectivity index (χ3n) is 11.4. The summed E-state index contributed by atoms with van der Waals surface area (Å²) in [6, 6.07) is 43.6. The largest absolute Gasteiger partial charge is 0.314 e. The summed E-state index contributed by atoms with van der Waals surface area (Å²) in [5.74, 6) is 0. The van der Waals surface area contributed by atoms with Crippen LogP contribution in [0, 0.1) is 0 Å². The van der Waals surface area contributed by atoms with Crippen molar-refractivity contribution in [1.29, 1.82) is 0 Å². The summed E-state index contributed by atoms with van der Waals surface area (Å²) in [5.41, 5.74) is 18.0. The highest BCUT2D eigenvalue weighted by Gasteiger charge is 2.46. The molecule has 3 heteroatoms. The monoisotopic (exact) mass is 582 g/mol. The van der Waals surface area contributed by atoms with Gasteiger partial charge in [0.1, 0.15) is 0 Å². The Labute approximate surface area is 268 Å². The average Bonchev–Trinajstić information content (AvgIpc) is 3.07. The summed E-state index contributed by atoms with van der Waals surface area (Å²) in [6.45, 7) is 9.86. The van der Waals surface area contributed by atoms with E-state index in [0.717, 1.165) is 6.42 Å². The molecule has 2 nitrogen and oxygen atoms in total. The lowest BCUT2D eigenvalue weighted by molar-refractivity contribution is 0.517. The maximum Gasteiger partial charge on any atom is 0.247 e. The molecule has 5 aromatic rings. The van der Waals surface area contributed by atoms with Gasteiger partial charge in [-0.15, -0.1) is 0 Å². The van der Waals surface area contributed by atoms with Crippen molar-refractivity contribution < 1.29 is 0 Å². The first-order valence-electron chi connectivity index (χ1n) is 16.7. The average molecular weight is 583 g/mol. The fraction of sp³-hybridized carbons (Fsp3) is 0.238. The van der Waals surface area contributed by atoms with Gasteiger partial charge in [0.25, 0.3) is 0 Å². The number of nitrogens with zero attached hydrogens (tertiary/aromatic N) is 2. The number of rotatable bonds is 2. The van der Waals surface area contributed by atoms with Gasteiger partial charge in [-0.3, -0.25) is 0 Å². The van der Waals surface area contributed by atoms with Gasteiger partial charge in [-0.25, -0.2) is 0 Å². The minimum absolute atomic E-state index is 0.0427. The van der Waals surface area contributed by atoms with E-state index in [2.05, 4.69) is 153 Å². The van der Waals surface area contributed by atoms with Crippen LogP contribution in [0.15, 0.2) is 127 Å². The zero-order valence-corrected chi connectivity index (χ0v) is 26.8. The van der Waals surface area contributed by atoms with Gasteiger partial charge in [0.15, 0.2) is 0 Å². The van der Waals surface area contributed by atoms with Gasteiger partial charge < -0.3 is 9.80 Å². The Morgan fingerprint density at radius 1 is 0.511 bits per heavy atom. The molecule has 1 aliphatic carbocycles. The number of hydrogen-bond acceptors (Lipinski definition) is 2. The molecule has 9 rings (SSSR count). The van der Waals surface area contributed by atoms with Crippen molar-refractivity contribution in [2.45, 2.75) is 64.2 Å². The second kappa shape index (κ2) is 9.50. The van der Waals surface area contributed by atoms with Crippen molar-refractivity contribution in [1.82, 2.24) is 0 Å². The van der Waals surface area contributed by atoms with Crippen molar-refractivity contribution in [2.75, 3.05) is 9.80 Å². The van der Waals surface area contributed by atoms with E-state index in [1.54, 1.807) is 5.57 Å². The lowest BCUT2D eigenvalue weighted by Crippen LogP contribution is -2.64. The summed E-state index contributed by atoms with van der Waals surface area (Å²) in [6.07, 6.45) is 4.84. The van der Waals surface area contributed by atoms with Crippen LogP contribution in [0.1, 0.15) is 70.1 Å². The third kappa shape index (κ3) is 3.64. The van der Waals surface area contributed by atoms with Crippen LogP contribution in [0.2, 0.25) is 0 Å². The molecule has 0 aromatic heterocycles. The second-order valence-electron chi connectivity index (χ2n) is 14.4. The SMILES string of the molecule is CC1(C)C2=C(CCCC2)N(c2ccc3c(c2)N(c2ccccc2)c2cccc4c2B3c2ccccc2C4(C)C)c2ccccc21. The molecule has 0 bridgehead atoms. The van der Waals surface area contributed by atoms with Crippen molar-refractivity contribution in [2.24, 2.45) is 0 Å². The predicted octanol–water partition coefficient (Wildman–Crippen LogP) is 8.88. The Bertz CT molecular complexity index is 2040. The molecule has 0 amide bonds. The Morgan fingerprint density at radius 2 is 1.20 bits per heavy atom. The molecular formula is C42H39BN2. The highest BCUT2D eigenvalue weighted by atomic mass is 15.2. The van der Waals surface area contributed by atoms with E-state index in [-0.39, 0.29) is 17.5 Å². The van der Waals surface area contributed by atoms with Crippen LogP contribution < -0.4 is 26.2 Å². The van der Waals surface area contributed by atoms with Gasteiger partial charge in [-0.2, -0.15) is 0 Å². The fourth-order valence-corrected chi connectivity index (χ4v) is 9.24. The highest BCUT2D eigenvalue weighted by Crippen LogP contribution is 2.53. The van der Waals surface area contributed by atoms with Crippen molar-refractivity contribution in [3.8, 4) is 0 Å². The zero-order chi connectivity index (χ0) is 30.5. The van der Waals surface area contributed by atoms with Crippen LogP contribution in [0.25, 0.3) is 0 Å². The van der Waals surface area contributed by atoms with E-state index in [9.17, 15) is 0 Å². The van der Waals surface area contributed by atoms with Crippen LogP contribution in [0.3, 0.4) is 0 Å². The molecule has 0 radical (unpaired) electrons. The van der Waals surface area contributed by atoms with E-state index in [1.807, 2.05) is 0 Å². The Balaban J connectivity index is 1.33. The predicted molar refractivity (Wildman–Crippen MR) is 191 cm³/mol. The van der Waals surface area contributed by atoms with Gasteiger partial charge in [0.05, 0.1) is 0 Å². The van der Waals surface area contributed by atoms with Crippen molar-refractivity contribution in [3.05, 3.63) is 143 Å². The van der Waals surface area contributed by atoms with Crippen LogP contribution >= 0.6 is 0 Å². The Hall–Kier alpha value is -4.50. The van der Waals surface area contributed by atoms with Crippen LogP contribution in [-0.2, 0) is 10.8 Å². The van der Waals surface area contributed by atoms with E-state index >= 15 is 0 Å². The highest BCUT2D eigenvalue weighted by molar-refractivity contribution is 6.99. The number of fused-ring (bicyclic) bond motifs is 5. The Kier molecular flexibility index (Phi) is 5.67. The molecule has 45 heavy (non-hydrogen) atoms. The smallest absolute Gasteiger partial charge is 0.247 e. The first-order chi connectivity index (χ1) is 21.9. The molecule has 5 aromatic carbocycles. The normalized spacial score (nSPS) is 18.4. The van der Waals surface area contributed by atoms with Gasteiger partial charge in [0, 0.05) is 45.0 Å². The summed E-state index contributed by atoms with van der Waals surface area (Å²) < 4.78 is 0. The molecule has 0 atom stereocenters. The van der Waals surface area contributed by atoms with Gasteiger partial charge >= 0.3 is 0 Å². The molecule has 0 saturated carbocycles. The van der Waals surface area contributed by atoms with Crippen LogP contribution in [0.5, 0.6) is 0 Å². The van der Waals surface area contributed by atoms with E-state index in [4.69, 9.17) is 0 Å². The molecule has 0 spiro atoms. The number of allylic oxidation sites excluding steroid dienone is 2. The molecule has 0 saturated heterocycles. The lowest BCUT2D eigenvalue weighted by atomic mass is 9.30. The number of anilines is 5. The molecule has 4 aliphatic rings. The third-order valence-corrected chi connectivity index (χ3v) is 11.4. The summed E-state index contributed by atoms with van der Waals surface area (Å²) in [7, 11) is 0. The van der Waals surface area contributed by atoms with E-state index in [1.165, 1.54) is 86.5 Å². The summed E-state index contributed by atoms with van der Waals surface area (Å²) >= 11 is 0. The molecule has 0 fully saturated rings. The minimum atomic E-state index is -0.0770. The number of para-hydroxylation sites is 2. The minimum Gasteiger partial charge on any atom is -0.314 e. The summed E-state index contributed by atoms with van der Waals surface area (Å²) in [5, 5.41) is 0. The zero-order valence-electron chi connectivity index (χ0n) is 26.8. The van der Waals surface area contributed by atoms with Gasteiger partial charge in [0.2, 0.25) is 6.71 Å². The molecular weight excluding hydrogens is 543 g/mol. The second-order valence-corrected chi connectivity index (χ2v) is 14.4. The molecule has 0 unspecified atom stereocenters. The van der Waals surface area contributed by atoms with Gasteiger partial charge in [-0.1, -0.05) is 112 Å². The quantitative estimate of drug-likeness (QED) is 0.188. The number of benzene rings is 5. The lowest BCUT2D eigenvalue weighted by Gasteiger charge is -2.47.